The van der Waals surface area contributed by atoms with E-state index in [1.165, 1.54) is 5.56 Å². The SMILES string of the molecule is CC(C)(C)COC(=O)NC(CCN(CCCCc1ccc2c(n1)NCCC2)CCOc1ccccc1)C(=O)O. The molecule has 0 saturated carbocycles. The molecule has 0 bridgehead atoms. The summed E-state index contributed by atoms with van der Waals surface area (Å²) in [5, 5.41) is 15.6. The van der Waals surface area contributed by atoms with Crippen molar-refractivity contribution in [2.45, 2.75) is 65.3 Å². The molecule has 1 aromatic heterocycles. The van der Waals surface area contributed by atoms with Crippen LogP contribution in [0.25, 0.3) is 0 Å². The first-order valence-corrected chi connectivity index (χ1v) is 14.0. The van der Waals surface area contributed by atoms with Gasteiger partial charge in [-0.2, -0.15) is 0 Å². The number of hydrogen-bond donors (Lipinski definition) is 3. The number of ether oxygens (including phenoxy) is 2. The van der Waals surface area contributed by atoms with E-state index in [-0.39, 0.29) is 18.4 Å². The van der Waals surface area contributed by atoms with Gasteiger partial charge in [0.2, 0.25) is 0 Å². The molecule has 0 fully saturated rings. The van der Waals surface area contributed by atoms with Gasteiger partial charge in [0.05, 0.1) is 6.61 Å². The highest BCUT2D eigenvalue weighted by molar-refractivity contribution is 5.79. The van der Waals surface area contributed by atoms with Crippen LogP contribution in [0.3, 0.4) is 0 Å². The first kappa shape index (κ1) is 30.2. The normalized spacial score (nSPS) is 13.7. The van der Waals surface area contributed by atoms with Gasteiger partial charge in [0, 0.05) is 25.3 Å². The lowest BCUT2D eigenvalue weighted by molar-refractivity contribution is -0.139. The third kappa shape index (κ3) is 11.5. The zero-order valence-corrected chi connectivity index (χ0v) is 23.6. The number of aromatic nitrogens is 1. The van der Waals surface area contributed by atoms with Gasteiger partial charge in [-0.3, -0.25) is 4.90 Å². The van der Waals surface area contributed by atoms with E-state index in [9.17, 15) is 14.7 Å². The Hall–Kier alpha value is -3.33. The van der Waals surface area contributed by atoms with Crippen molar-refractivity contribution in [3.63, 3.8) is 0 Å². The van der Waals surface area contributed by atoms with E-state index in [2.05, 4.69) is 27.7 Å². The van der Waals surface area contributed by atoms with Gasteiger partial charge >= 0.3 is 12.1 Å². The fourth-order valence-electron chi connectivity index (χ4n) is 4.33. The Kier molecular flexibility index (Phi) is 11.9. The average molecular weight is 541 g/mol. The number of carbonyl (C=O) groups is 2. The lowest BCUT2D eigenvalue weighted by Crippen LogP contribution is -2.44. The number of carbonyl (C=O) groups excluding carboxylic acids is 1. The van der Waals surface area contributed by atoms with E-state index in [4.69, 9.17) is 14.5 Å². The third-order valence-corrected chi connectivity index (χ3v) is 6.49. The number of hydrogen-bond acceptors (Lipinski definition) is 7. The molecule has 1 aromatic carbocycles. The first-order chi connectivity index (χ1) is 18.7. The molecule has 1 atom stereocenters. The minimum absolute atomic E-state index is 0.198. The maximum absolute atomic E-state index is 12.2. The Morgan fingerprint density at radius 1 is 1.10 bits per heavy atom. The minimum atomic E-state index is -1.07. The summed E-state index contributed by atoms with van der Waals surface area (Å²) in [7, 11) is 0. The van der Waals surface area contributed by atoms with E-state index >= 15 is 0 Å². The zero-order valence-electron chi connectivity index (χ0n) is 23.6. The Morgan fingerprint density at radius 2 is 1.90 bits per heavy atom. The molecule has 1 aliphatic rings. The molecule has 0 radical (unpaired) electrons. The van der Waals surface area contributed by atoms with Crippen LogP contribution < -0.4 is 15.4 Å². The van der Waals surface area contributed by atoms with Crippen LogP contribution in [0.2, 0.25) is 0 Å². The number of aliphatic carboxylic acids is 1. The van der Waals surface area contributed by atoms with Gasteiger partial charge < -0.3 is 25.2 Å². The molecule has 214 valence electrons. The van der Waals surface area contributed by atoms with Gasteiger partial charge in [0.25, 0.3) is 0 Å². The Morgan fingerprint density at radius 3 is 2.64 bits per heavy atom. The molecule has 2 aromatic rings. The van der Waals surface area contributed by atoms with Crippen molar-refractivity contribution in [3.8, 4) is 5.75 Å². The third-order valence-electron chi connectivity index (χ3n) is 6.49. The van der Waals surface area contributed by atoms with Gasteiger partial charge in [-0.15, -0.1) is 0 Å². The van der Waals surface area contributed by atoms with E-state index in [0.29, 0.717) is 19.7 Å². The second kappa shape index (κ2) is 15.3. The number of amides is 1. The number of aryl methyl sites for hydroxylation is 2. The summed E-state index contributed by atoms with van der Waals surface area (Å²) in [4.78, 5) is 31.0. The average Bonchev–Trinajstić information content (AvgIpc) is 2.91. The number of carboxylic acids is 1. The highest BCUT2D eigenvalue weighted by atomic mass is 16.5. The van der Waals surface area contributed by atoms with Gasteiger partial charge in [-0.25, -0.2) is 14.6 Å². The number of fused-ring (bicyclic) bond motifs is 1. The van der Waals surface area contributed by atoms with Crippen molar-refractivity contribution in [3.05, 3.63) is 53.7 Å². The Labute approximate surface area is 232 Å². The van der Waals surface area contributed by atoms with Crippen LogP contribution in [0.5, 0.6) is 5.75 Å². The van der Waals surface area contributed by atoms with Crippen LogP contribution >= 0.6 is 0 Å². The quantitative estimate of drug-likeness (QED) is 0.277. The van der Waals surface area contributed by atoms with Gasteiger partial charge in [-0.1, -0.05) is 45.0 Å². The lowest BCUT2D eigenvalue weighted by Gasteiger charge is -2.25. The van der Waals surface area contributed by atoms with Crippen LogP contribution in [-0.2, 0) is 22.4 Å². The minimum Gasteiger partial charge on any atom is -0.492 e. The monoisotopic (exact) mass is 540 g/mol. The van der Waals surface area contributed by atoms with Crippen molar-refractivity contribution < 1.29 is 24.2 Å². The summed E-state index contributed by atoms with van der Waals surface area (Å²) >= 11 is 0. The summed E-state index contributed by atoms with van der Waals surface area (Å²) in [6, 6.07) is 12.9. The van der Waals surface area contributed by atoms with Crippen LogP contribution in [0.15, 0.2) is 42.5 Å². The van der Waals surface area contributed by atoms with E-state index in [1.54, 1.807) is 0 Å². The molecule has 1 amide bonds. The number of para-hydroxylation sites is 1. The molecular formula is C30H44N4O5. The van der Waals surface area contributed by atoms with E-state index in [0.717, 1.165) is 62.5 Å². The van der Waals surface area contributed by atoms with Crippen LogP contribution in [0, 0.1) is 5.41 Å². The van der Waals surface area contributed by atoms with E-state index < -0.39 is 18.1 Å². The maximum atomic E-state index is 12.2. The van der Waals surface area contributed by atoms with Gasteiger partial charge in [0.15, 0.2) is 0 Å². The second-order valence-corrected chi connectivity index (χ2v) is 11.3. The fraction of sp³-hybridized carbons (Fsp3) is 0.567. The molecule has 3 rings (SSSR count). The maximum Gasteiger partial charge on any atom is 0.407 e. The molecular weight excluding hydrogens is 496 g/mol. The topological polar surface area (TPSA) is 113 Å². The number of rotatable bonds is 15. The Balaban J connectivity index is 1.50. The molecule has 3 N–H and O–H groups in total. The van der Waals surface area contributed by atoms with Crippen LogP contribution in [0.1, 0.15) is 57.7 Å². The number of anilines is 1. The Bertz CT molecular complexity index is 1040. The second-order valence-electron chi connectivity index (χ2n) is 11.3. The highest BCUT2D eigenvalue weighted by Gasteiger charge is 2.23. The molecule has 2 heterocycles. The molecule has 39 heavy (non-hydrogen) atoms. The molecule has 0 saturated heterocycles. The number of nitrogens with one attached hydrogen (secondary N) is 2. The number of benzene rings is 1. The molecule has 9 nitrogen and oxygen atoms in total. The summed E-state index contributed by atoms with van der Waals surface area (Å²) in [5.74, 6) is 0.748. The molecule has 0 spiro atoms. The molecule has 9 heteroatoms. The van der Waals surface area contributed by atoms with Crippen LogP contribution in [0.4, 0.5) is 10.6 Å². The van der Waals surface area contributed by atoms with Crippen molar-refractivity contribution in [1.82, 2.24) is 15.2 Å². The smallest absolute Gasteiger partial charge is 0.407 e. The summed E-state index contributed by atoms with van der Waals surface area (Å²) < 4.78 is 11.1. The predicted molar refractivity (Wildman–Crippen MR) is 152 cm³/mol. The lowest BCUT2D eigenvalue weighted by atomic mass is 9.99. The van der Waals surface area contributed by atoms with Crippen molar-refractivity contribution in [2.75, 3.05) is 44.7 Å². The fourth-order valence-corrected chi connectivity index (χ4v) is 4.33. The number of pyridine rings is 1. The largest absolute Gasteiger partial charge is 0.492 e. The predicted octanol–water partition coefficient (Wildman–Crippen LogP) is 4.76. The summed E-state index contributed by atoms with van der Waals surface area (Å²) in [6.07, 6.45) is 4.59. The number of alkyl carbamates (subject to hydrolysis) is 1. The number of unbranched alkanes of at least 4 members (excludes halogenated alkanes) is 1. The van der Waals surface area contributed by atoms with E-state index in [1.807, 2.05) is 51.1 Å². The van der Waals surface area contributed by atoms with Crippen molar-refractivity contribution in [1.29, 1.82) is 0 Å². The zero-order chi connectivity index (χ0) is 28.1. The van der Waals surface area contributed by atoms with Crippen LogP contribution in [-0.4, -0.2) is 72.5 Å². The van der Waals surface area contributed by atoms with Gasteiger partial charge in [-0.05, 0) is 74.2 Å². The molecule has 1 aliphatic heterocycles. The molecule has 0 aliphatic carbocycles. The first-order valence-electron chi connectivity index (χ1n) is 14.0. The molecule has 1 unspecified atom stereocenters. The van der Waals surface area contributed by atoms with Crippen molar-refractivity contribution in [2.24, 2.45) is 5.41 Å². The number of nitrogens with zero attached hydrogens (tertiary/aromatic N) is 2. The summed E-state index contributed by atoms with van der Waals surface area (Å²) in [6.45, 7) is 9.47. The standard InChI is InChI=1S/C30H44N4O5/c1-30(2,3)22-39-29(37)33-26(28(35)36)16-19-34(20-21-38-25-12-5-4-6-13-25)18-8-7-11-24-15-14-23-10-9-17-31-27(23)32-24/h4-6,12-15,26H,7-11,16-22H2,1-3H3,(H,31,32)(H,33,37)(H,35,36). The summed E-state index contributed by atoms with van der Waals surface area (Å²) in [5.41, 5.74) is 2.18. The highest BCUT2D eigenvalue weighted by Crippen LogP contribution is 2.20. The number of carboxylic acid groups (broad SMARTS) is 1. The van der Waals surface area contributed by atoms with Gasteiger partial charge in [0.1, 0.15) is 24.2 Å². The van der Waals surface area contributed by atoms with Crippen molar-refractivity contribution >= 4 is 17.9 Å².